The molecule has 1 heterocycles. The molecule has 0 unspecified atom stereocenters. The molecule has 6 heteroatoms. The number of pyridine rings is 1. The van der Waals surface area contributed by atoms with E-state index in [2.05, 4.69) is 26.2 Å². The van der Waals surface area contributed by atoms with Gasteiger partial charge in [-0.3, -0.25) is 4.79 Å². The third kappa shape index (κ3) is 2.48. The van der Waals surface area contributed by atoms with Gasteiger partial charge >= 0.3 is 0 Å². The van der Waals surface area contributed by atoms with Crippen LogP contribution in [0.2, 0.25) is 0 Å². The summed E-state index contributed by atoms with van der Waals surface area (Å²) in [7, 11) is 0. The first-order valence-electron chi connectivity index (χ1n) is 5.05. The number of benzene rings is 1. The summed E-state index contributed by atoms with van der Waals surface area (Å²) in [4.78, 5) is 15.8. The Balaban J connectivity index is 2.30. The number of amides is 1. The lowest BCUT2D eigenvalue weighted by molar-refractivity contribution is 0.102. The van der Waals surface area contributed by atoms with Crippen LogP contribution in [0.1, 0.15) is 10.5 Å². The Labute approximate surface area is 111 Å². The molecule has 0 bridgehead atoms. The lowest BCUT2D eigenvalue weighted by atomic mass is 10.2. The number of halogens is 2. The minimum Gasteiger partial charge on any atom is -0.397 e. The SMILES string of the molecule is Nc1cccnc1C(=O)Nc1c(F)cccc1Br. The molecular weight excluding hydrogens is 301 g/mol. The molecule has 0 aliphatic heterocycles. The van der Waals surface area contributed by atoms with Crippen molar-refractivity contribution in [1.29, 1.82) is 0 Å². The Hall–Kier alpha value is -1.95. The lowest BCUT2D eigenvalue weighted by Crippen LogP contribution is -2.16. The molecule has 0 aliphatic carbocycles. The van der Waals surface area contributed by atoms with E-state index in [1.165, 1.54) is 18.3 Å². The van der Waals surface area contributed by atoms with Crippen molar-refractivity contribution in [3.8, 4) is 0 Å². The Morgan fingerprint density at radius 3 is 2.78 bits per heavy atom. The van der Waals surface area contributed by atoms with Crippen molar-refractivity contribution in [2.45, 2.75) is 0 Å². The van der Waals surface area contributed by atoms with E-state index >= 15 is 0 Å². The molecule has 4 nitrogen and oxygen atoms in total. The number of nitrogens with zero attached hydrogens (tertiary/aromatic N) is 1. The molecule has 0 spiro atoms. The first kappa shape index (κ1) is 12.5. The molecule has 92 valence electrons. The number of anilines is 2. The molecule has 1 aromatic heterocycles. The van der Waals surface area contributed by atoms with Crippen LogP contribution in [0.5, 0.6) is 0 Å². The van der Waals surface area contributed by atoms with Crippen molar-refractivity contribution in [1.82, 2.24) is 4.98 Å². The monoisotopic (exact) mass is 309 g/mol. The molecule has 0 saturated heterocycles. The van der Waals surface area contributed by atoms with Gasteiger partial charge in [0.1, 0.15) is 5.82 Å². The zero-order valence-corrected chi connectivity index (χ0v) is 10.7. The van der Waals surface area contributed by atoms with Gasteiger partial charge in [0.2, 0.25) is 0 Å². The summed E-state index contributed by atoms with van der Waals surface area (Å²) < 4.78 is 14.0. The van der Waals surface area contributed by atoms with Crippen molar-refractivity contribution in [3.05, 3.63) is 52.5 Å². The highest BCUT2D eigenvalue weighted by Crippen LogP contribution is 2.25. The normalized spacial score (nSPS) is 10.1. The van der Waals surface area contributed by atoms with Gasteiger partial charge in [0.25, 0.3) is 5.91 Å². The van der Waals surface area contributed by atoms with Crippen LogP contribution >= 0.6 is 15.9 Å². The first-order chi connectivity index (χ1) is 8.59. The van der Waals surface area contributed by atoms with Crippen molar-refractivity contribution in [2.24, 2.45) is 0 Å². The van der Waals surface area contributed by atoms with Gasteiger partial charge in [-0.2, -0.15) is 0 Å². The molecule has 0 fully saturated rings. The van der Waals surface area contributed by atoms with Crippen LogP contribution in [0.4, 0.5) is 15.8 Å². The van der Waals surface area contributed by atoms with Crippen molar-refractivity contribution in [3.63, 3.8) is 0 Å². The van der Waals surface area contributed by atoms with E-state index in [4.69, 9.17) is 5.73 Å². The fourth-order valence-electron chi connectivity index (χ4n) is 1.40. The predicted octanol–water partition coefficient (Wildman–Crippen LogP) is 2.82. The predicted molar refractivity (Wildman–Crippen MR) is 70.7 cm³/mol. The van der Waals surface area contributed by atoms with Crippen LogP contribution in [0.3, 0.4) is 0 Å². The number of carbonyl (C=O) groups excluding carboxylic acids is 1. The highest BCUT2D eigenvalue weighted by Gasteiger charge is 2.14. The van der Waals surface area contributed by atoms with Gasteiger partial charge in [0.05, 0.1) is 11.4 Å². The van der Waals surface area contributed by atoms with E-state index in [0.717, 1.165) is 0 Å². The minimum absolute atomic E-state index is 0.0625. The van der Waals surface area contributed by atoms with Crippen molar-refractivity contribution in [2.75, 3.05) is 11.1 Å². The van der Waals surface area contributed by atoms with E-state index < -0.39 is 11.7 Å². The fourth-order valence-corrected chi connectivity index (χ4v) is 1.84. The van der Waals surface area contributed by atoms with Crippen molar-refractivity contribution >= 4 is 33.2 Å². The summed E-state index contributed by atoms with van der Waals surface area (Å²) in [5, 5.41) is 2.43. The van der Waals surface area contributed by atoms with Crippen LogP contribution in [0.15, 0.2) is 41.0 Å². The second kappa shape index (κ2) is 5.14. The highest BCUT2D eigenvalue weighted by molar-refractivity contribution is 9.10. The molecule has 2 rings (SSSR count). The maximum absolute atomic E-state index is 13.5. The van der Waals surface area contributed by atoms with E-state index in [1.807, 2.05) is 0 Å². The van der Waals surface area contributed by atoms with Gasteiger partial charge < -0.3 is 11.1 Å². The van der Waals surface area contributed by atoms with Gasteiger partial charge in [-0.05, 0) is 40.2 Å². The largest absolute Gasteiger partial charge is 0.397 e. The molecular formula is C12H9BrFN3O. The second-order valence-corrected chi connectivity index (χ2v) is 4.35. The average molecular weight is 310 g/mol. The summed E-state index contributed by atoms with van der Waals surface area (Å²) in [6.45, 7) is 0. The van der Waals surface area contributed by atoms with Gasteiger partial charge in [0.15, 0.2) is 5.69 Å². The molecule has 0 saturated carbocycles. The molecule has 0 atom stereocenters. The number of hydrogen-bond acceptors (Lipinski definition) is 3. The minimum atomic E-state index is -0.557. The summed E-state index contributed by atoms with van der Waals surface area (Å²) in [6.07, 6.45) is 1.45. The third-order valence-electron chi connectivity index (χ3n) is 2.26. The Morgan fingerprint density at radius 1 is 1.33 bits per heavy atom. The molecule has 3 N–H and O–H groups in total. The lowest BCUT2D eigenvalue weighted by Gasteiger charge is -2.09. The van der Waals surface area contributed by atoms with Gasteiger partial charge in [-0.1, -0.05) is 6.07 Å². The first-order valence-corrected chi connectivity index (χ1v) is 5.84. The van der Waals surface area contributed by atoms with Gasteiger partial charge in [0, 0.05) is 10.7 Å². The zero-order valence-electron chi connectivity index (χ0n) is 9.15. The smallest absolute Gasteiger partial charge is 0.276 e. The Bertz CT molecular complexity index is 583. The second-order valence-electron chi connectivity index (χ2n) is 3.49. The van der Waals surface area contributed by atoms with E-state index in [-0.39, 0.29) is 17.1 Å². The van der Waals surface area contributed by atoms with Crippen LogP contribution in [-0.2, 0) is 0 Å². The van der Waals surface area contributed by atoms with Crippen LogP contribution in [0, 0.1) is 5.82 Å². The number of nitrogens with two attached hydrogens (primary N) is 1. The van der Waals surface area contributed by atoms with E-state index in [0.29, 0.717) is 4.47 Å². The highest BCUT2D eigenvalue weighted by atomic mass is 79.9. The van der Waals surface area contributed by atoms with E-state index in [9.17, 15) is 9.18 Å². The molecule has 2 aromatic rings. The van der Waals surface area contributed by atoms with Crippen LogP contribution in [-0.4, -0.2) is 10.9 Å². The van der Waals surface area contributed by atoms with Crippen LogP contribution in [0.25, 0.3) is 0 Å². The fraction of sp³-hybridized carbons (Fsp3) is 0. The third-order valence-corrected chi connectivity index (χ3v) is 2.92. The number of nitrogen functional groups attached to an aromatic ring is 1. The van der Waals surface area contributed by atoms with Crippen LogP contribution < -0.4 is 11.1 Å². The van der Waals surface area contributed by atoms with Gasteiger partial charge in [-0.25, -0.2) is 9.37 Å². The Kier molecular flexibility index (Phi) is 3.57. The summed E-state index contributed by atoms with van der Waals surface area (Å²) in [5.41, 5.74) is 5.99. The zero-order chi connectivity index (χ0) is 13.1. The maximum Gasteiger partial charge on any atom is 0.276 e. The van der Waals surface area contributed by atoms with Crippen molar-refractivity contribution < 1.29 is 9.18 Å². The quantitative estimate of drug-likeness (QED) is 0.896. The molecule has 18 heavy (non-hydrogen) atoms. The summed E-state index contributed by atoms with van der Waals surface area (Å²) >= 11 is 3.16. The maximum atomic E-state index is 13.5. The number of carbonyl (C=O) groups is 1. The van der Waals surface area contributed by atoms with E-state index in [1.54, 1.807) is 18.2 Å². The van der Waals surface area contributed by atoms with Gasteiger partial charge in [-0.15, -0.1) is 0 Å². The molecule has 0 aliphatic rings. The standard InChI is InChI=1S/C12H9BrFN3O/c13-7-3-1-4-8(14)10(7)17-12(18)11-9(15)5-2-6-16-11/h1-6H,15H2,(H,17,18). The number of rotatable bonds is 2. The molecule has 1 amide bonds. The summed E-state index contributed by atoms with van der Waals surface area (Å²) in [5.74, 6) is -1.09. The summed E-state index contributed by atoms with van der Waals surface area (Å²) in [6, 6.07) is 7.58. The topological polar surface area (TPSA) is 68.0 Å². The Morgan fingerprint density at radius 2 is 2.11 bits per heavy atom. The molecule has 0 radical (unpaired) electrons. The number of para-hydroxylation sites is 1. The average Bonchev–Trinajstić information content (AvgIpc) is 2.34. The number of aromatic nitrogens is 1. The number of nitrogens with one attached hydrogen (secondary N) is 1. The number of hydrogen-bond donors (Lipinski definition) is 2. The molecule has 1 aromatic carbocycles.